The summed E-state index contributed by atoms with van der Waals surface area (Å²) in [5.74, 6) is 0.799. The van der Waals surface area contributed by atoms with Gasteiger partial charge in [0.1, 0.15) is 10.7 Å². The number of carbonyl (C=O) groups is 1. The summed E-state index contributed by atoms with van der Waals surface area (Å²) in [6.07, 6.45) is 0.966. The highest BCUT2D eigenvalue weighted by atomic mass is 32.1. The predicted molar refractivity (Wildman–Crippen MR) is 90.9 cm³/mol. The number of carbonyl (C=O) groups excluding carboxylic acids is 1. The molecule has 0 aliphatic carbocycles. The molecule has 1 aromatic rings. The van der Waals surface area contributed by atoms with Crippen LogP contribution in [0.15, 0.2) is 0 Å². The second-order valence-electron chi connectivity index (χ2n) is 7.00. The molecule has 5 nitrogen and oxygen atoms in total. The Bertz CT molecular complexity index is 490. The lowest BCUT2D eigenvalue weighted by Gasteiger charge is -2.25. The fourth-order valence-corrected chi connectivity index (χ4v) is 3.14. The van der Waals surface area contributed by atoms with E-state index in [2.05, 4.69) is 31.1 Å². The van der Waals surface area contributed by atoms with Gasteiger partial charge in [-0.1, -0.05) is 25.2 Å². The summed E-state index contributed by atoms with van der Waals surface area (Å²) in [5, 5.41) is 3.94. The van der Waals surface area contributed by atoms with Gasteiger partial charge in [-0.15, -0.1) is 0 Å². The number of nitrogens with one attached hydrogen (secondary N) is 1. The van der Waals surface area contributed by atoms with E-state index < -0.39 is 0 Å². The Morgan fingerprint density at radius 1 is 1.38 bits per heavy atom. The van der Waals surface area contributed by atoms with Gasteiger partial charge in [-0.3, -0.25) is 4.79 Å². The zero-order valence-electron chi connectivity index (χ0n) is 14.2. The number of nitrogens with two attached hydrogens (primary N) is 1. The molecule has 1 heterocycles. The molecule has 0 fully saturated rings. The molecule has 3 N–H and O–H groups in total. The molecule has 6 heteroatoms. The highest BCUT2D eigenvalue weighted by Crippen LogP contribution is 2.28. The van der Waals surface area contributed by atoms with E-state index >= 15 is 0 Å². The van der Waals surface area contributed by atoms with Gasteiger partial charge in [-0.25, -0.2) is 4.98 Å². The summed E-state index contributed by atoms with van der Waals surface area (Å²) in [7, 11) is 1.82. The molecular formula is C15H28N4OS. The van der Waals surface area contributed by atoms with E-state index in [1.54, 1.807) is 4.90 Å². The molecule has 0 saturated carbocycles. The third-order valence-corrected chi connectivity index (χ3v) is 4.10. The number of aromatic nitrogens is 1. The minimum atomic E-state index is -0.110. The lowest BCUT2D eigenvalue weighted by atomic mass is 10.0. The van der Waals surface area contributed by atoms with Crippen molar-refractivity contribution in [2.45, 2.75) is 59.5 Å². The normalized spacial score (nSPS) is 13.3. The van der Waals surface area contributed by atoms with Crippen LogP contribution in [-0.2, 0) is 0 Å². The second-order valence-corrected chi connectivity index (χ2v) is 8.00. The van der Waals surface area contributed by atoms with E-state index in [4.69, 9.17) is 5.73 Å². The Morgan fingerprint density at radius 3 is 2.43 bits per heavy atom. The first-order valence-electron chi connectivity index (χ1n) is 7.33. The Hall–Kier alpha value is -1.30. The third-order valence-electron chi connectivity index (χ3n) is 3.12. The SMILES string of the molecule is CC(C)CC(C)N(C)C(=O)c1sc(NC(C)(C)C)nc1N. The molecule has 0 aliphatic rings. The minimum Gasteiger partial charge on any atom is -0.382 e. The van der Waals surface area contributed by atoms with Crippen LogP contribution in [0.1, 0.15) is 57.6 Å². The van der Waals surface area contributed by atoms with E-state index in [1.165, 1.54) is 11.3 Å². The average molecular weight is 312 g/mol. The van der Waals surface area contributed by atoms with Gasteiger partial charge in [0.05, 0.1) is 0 Å². The van der Waals surface area contributed by atoms with E-state index in [1.807, 2.05) is 27.8 Å². The zero-order valence-corrected chi connectivity index (χ0v) is 15.0. The second kappa shape index (κ2) is 6.64. The van der Waals surface area contributed by atoms with Crippen LogP contribution < -0.4 is 11.1 Å². The van der Waals surface area contributed by atoms with Gasteiger partial charge >= 0.3 is 0 Å². The number of nitrogen functional groups attached to an aromatic ring is 1. The van der Waals surface area contributed by atoms with Crippen LogP contribution in [0.5, 0.6) is 0 Å². The molecule has 120 valence electrons. The first kappa shape index (κ1) is 17.8. The molecule has 1 rings (SSSR count). The van der Waals surface area contributed by atoms with Crippen molar-refractivity contribution in [1.29, 1.82) is 0 Å². The molecule has 21 heavy (non-hydrogen) atoms. The average Bonchev–Trinajstić information content (AvgIpc) is 2.64. The van der Waals surface area contributed by atoms with Crippen molar-refractivity contribution < 1.29 is 4.79 Å². The van der Waals surface area contributed by atoms with Crippen LogP contribution in [-0.4, -0.2) is 34.4 Å². The van der Waals surface area contributed by atoms with Gasteiger partial charge in [0.25, 0.3) is 5.91 Å². The number of anilines is 2. The van der Waals surface area contributed by atoms with Gasteiger partial charge in [0.2, 0.25) is 0 Å². The zero-order chi connectivity index (χ0) is 16.4. The molecule has 1 unspecified atom stereocenters. The molecule has 0 spiro atoms. The Kier molecular flexibility index (Phi) is 5.61. The Morgan fingerprint density at radius 2 is 1.95 bits per heavy atom. The van der Waals surface area contributed by atoms with E-state index in [9.17, 15) is 4.79 Å². The first-order chi connectivity index (χ1) is 9.51. The Balaban J connectivity index is 2.87. The smallest absolute Gasteiger partial charge is 0.267 e. The molecule has 0 radical (unpaired) electrons. The van der Waals surface area contributed by atoms with Crippen molar-refractivity contribution in [1.82, 2.24) is 9.88 Å². The van der Waals surface area contributed by atoms with Crippen LogP contribution in [0.2, 0.25) is 0 Å². The summed E-state index contributed by atoms with van der Waals surface area (Å²) in [4.78, 5) is 19.1. The first-order valence-corrected chi connectivity index (χ1v) is 8.14. The van der Waals surface area contributed by atoms with Crippen LogP contribution in [0.3, 0.4) is 0 Å². The van der Waals surface area contributed by atoms with Crippen molar-refractivity contribution in [3.05, 3.63) is 4.88 Å². The minimum absolute atomic E-state index is 0.0555. The lowest BCUT2D eigenvalue weighted by Crippen LogP contribution is -2.35. The molecule has 0 saturated heterocycles. The third kappa shape index (κ3) is 5.19. The number of nitrogens with zero attached hydrogens (tertiary/aromatic N) is 2. The molecular weight excluding hydrogens is 284 g/mol. The van der Waals surface area contributed by atoms with E-state index in [0.29, 0.717) is 21.7 Å². The van der Waals surface area contributed by atoms with Crippen LogP contribution in [0.25, 0.3) is 0 Å². The largest absolute Gasteiger partial charge is 0.382 e. The van der Waals surface area contributed by atoms with Crippen molar-refractivity contribution in [2.24, 2.45) is 5.92 Å². The van der Waals surface area contributed by atoms with Gasteiger partial charge in [-0.2, -0.15) is 0 Å². The monoisotopic (exact) mass is 312 g/mol. The lowest BCUT2D eigenvalue weighted by molar-refractivity contribution is 0.0734. The number of rotatable bonds is 5. The maximum atomic E-state index is 12.6. The van der Waals surface area contributed by atoms with Crippen molar-refractivity contribution in [3.8, 4) is 0 Å². The number of hydrogen-bond acceptors (Lipinski definition) is 5. The van der Waals surface area contributed by atoms with Crippen LogP contribution >= 0.6 is 11.3 Å². The standard InChI is InChI=1S/C15H28N4OS/c1-9(2)8-10(3)19(7)13(20)11-12(16)17-14(21-11)18-15(4,5)6/h9-10H,8,16H2,1-7H3,(H,17,18). The van der Waals surface area contributed by atoms with Crippen molar-refractivity contribution in [3.63, 3.8) is 0 Å². The molecule has 0 bridgehead atoms. The molecule has 0 aliphatic heterocycles. The van der Waals surface area contributed by atoms with Gasteiger partial charge < -0.3 is 16.0 Å². The highest BCUT2D eigenvalue weighted by molar-refractivity contribution is 7.18. The predicted octanol–water partition coefficient (Wildman–Crippen LogP) is 3.44. The summed E-state index contributed by atoms with van der Waals surface area (Å²) in [6, 6.07) is 0.179. The van der Waals surface area contributed by atoms with Gasteiger partial charge in [-0.05, 0) is 40.0 Å². The van der Waals surface area contributed by atoms with Crippen molar-refractivity contribution in [2.75, 3.05) is 18.1 Å². The highest BCUT2D eigenvalue weighted by Gasteiger charge is 2.24. The van der Waals surface area contributed by atoms with Gasteiger partial charge in [0, 0.05) is 18.6 Å². The number of hydrogen-bond donors (Lipinski definition) is 2. The van der Waals surface area contributed by atoms with E-state index in [-0.39, 0.29) is 17.5 Å². The maximum Gasteiger partial charge on any atom is 0.267 e. The summed E-state index contributed by atoms with van der Waals surface area (Å²) >= 11 is 1.32. The molecule has 0 aromatic carbocycles. The number of thiazole rings is 1. The maximum absolute atomic E-state index is 12.6. The molecule has 1 amide bonds. The van der Waals surface area contributed by atoms with Gasteiger partial charge in [0.15, 0.2) is 5.13 Å². The topological polar surface area (TPSA) is 71.2 Å². The quantitative estimate of drug-likeness (QED) is 0.873. The van der Waals surface area contributed by atoms with Crippen LogP contribution in [0.4, 0.5) is 10.9 Å². The summed E-state index contributed by atoms with van der Waals surface area (Å²) in [5.41, 5.74) is 5.80. The molecule has 1 aromatic heterocycles. The summed E-state index contributed by atoms with van der Waals surface area (Å²) < 4.78 is 0. The fourth-order valence-electron chi connectivity index (χ4n) is 2.06. The molecule has 1 atom stereocenters. The van der Waals surface area contributed by atoms with Crippen LogP contribution in [0, 0.1) is 5.92 Å². The van der Waals surface area contributed by atoms with Crippen molar-refractivity contribution >= 4 is 28.2 Å². The fraction of sp³-hybridized carbons (Fsp3) is 0.733. The number of amides is 1. The Labute approximate surface area is 131 Å². The summed E-state index contributed by atoms with van der Waals surface area (Å²) in [6.45, 7) is 12.5. The van der Waals surface area contributed by atoms with E-state index in [0.717, 1.165) is 6.42 Å².